The molecule has 1 aromatic rings. The van der Waals surface area contributed by atoms with Crippen LogP contribution in [0.1, 0.15) is 33.3 Å². The van der Waals surface area contributed by atoms with Gasteiger partial charge in [0.2, 0.25) is 0 Å². The summed E-state index contributed by atoms with van der Waals surface area (Å²) in [6.07, 6.45) is 1.12. The monoisotopic (exact) mass is 197 g/mol. The average Bonchev–Trinajstić information content (AvgIpc) is 2.29. The van der Waals surface area contributed by atoms with Gasteiger partial charge in [-0.25, -0.2) is 4.79 Å². The number of thiophene rings is 1. The molecule has 1 atom stereocenters. The van der Waals surface area contributed by atoms with Crippen molar-refractivity contribution in [1.82, 2.24) is 5.32 Å². The standard InChI is InChI=1S/C9H11NO2S/c1-5-6(7-2-3-10-7)4-13-8(5)9(11)12/h4,7,10H,2-3H2,1H3,(H,11,12)/t7-/m0/s1. The summed E-state index contributed by atoms with van der Waals surface area (Å²) in [5.41, 5.74) is 2.09. The quantitative estimate of drug-likeness (QED) is 0.760. The third-order valence-electron chi connectivity index (χ3n) is 2.47. The van der Waals surface area contributed by atoms with Crippen molar-refractivity contribution >= 4 is 17.3 Å². The Morgan fingerprint density at radius 3 is 2.85 bits per heavy atom. The van der Waals surface area contributed by atoms with E-state index in [4.69, 9.17) is 5.11 Å². The fraction of sp³-hybridized carbons (Fsp3) is 0.444. The largest absolute Gasteiger partial charge is 0.477 e. The van der Waals surface area contributed by atoms with E-state index >= 15 is 0 Å². The third kappa shape index (κ3) is 1.36. The second-order valence-electron chi connectivity index (χ2n) is 3.25. The van der Waals surface area contributed by atoms with Crippen LogP contribution >= 0.6 is 11.3 Å². The second kappa shape index (κ2) is 3.12. The summed E-state index contributed by atoms with van der Waals surface area (Å²) in [6.45, 7) is 2.93. The summed E-state index contributed by atoms with van der Waals surface area (Å²) in [4.78, 5) is 11.2. The maximum absolute atomic E-state index is 10.8. The highest BCUT2D eigenvalue weighted by atomic mass is 32.1. The van der Waals surface area contributed by atoms with Crippen LogP contribution in [-0.2, 0) is 0 Å². The van der Waals surface area contributed by atoms with Gasteiger partial charge in [-0.05, 0) is 36.4 Å². The van der Waals surface area contributed by atoms with Crippen molar-refractivity contribution in [1.29, 1.82) is 0 Å². The van der Waals surface area contributed by atoms with Crippen LogP contribution in [0.5, 0.6) is 0 Å². The zero-order valence-corrected chi connectivity index (χ0v) is 8.15. The SMILES string of the molecule is Cc1c([C@@H]2CCN2)csc1C(=O)O. The summed E-state index contributed by atoms with van der Waals surface area (Å²) in [5, 5.41) is 14.1. The predicted molar refractivity (Wildman–Crippen MR) is 51.4 cm³/mol. The van der Waals surface area contributed by atoms with E-state index in [9.17, 15) is 4.79 Å². The molecule has 4 heteroatoms. The van der Waals surface area contributed by atoms with Crippen molar-refractivity contribution in [2.75, 3.05) is 6.54 Å². The van der Waals surface area contributed by atoms with Gasteiger partial charge in [0, 0.05) is 6.04 Å². The zero-order chi connectivity index (χ0) is 9.42. The lowest BCUT2D eigenvalue weighted by Gasteiger charge is -2.27. The number of carboxylic acids is 1. The molecule has 2 N–H and O–H groups in total. The summed E-state index contributed by atoms with van der Waals surface area (Å²) in [6, 6.07) is 0.393. The molecule has 2 rings (SSSR count). The molecular weight excluding hydrogens is 186 g/mol. The first-order chi connectivity index (χ1) is 6.20. The van der Waals surface area contributed by atoms with E-state index in [-0.39, 0.29) is 0 Å². The molecule has 0 aliphatic carbocycles. The Kier molecular flexibility index (Phi) is 2.09. The van der Waals surface area contributed by atoms with Crippen molar-refractivity contribution in [2.24, 2.45) is 0 Å². The molecule has 1 fully saturated rings. The summed E-state index contributed by atoms with van der Waals surface area (Å²) < 4.78 is 0. The molecule has 0 amide bonds. The molecule has 0 radical (unpaired) electrons. The van der Waals surface area contributed by atoms with Gasteiger partial charge in [0.25, 0.3) is 0 Å². The van der Waals surface area contributed by atoms with Gasteiger partial charge in [0.05, 0.1) is 0 Å². The molecule has 2 heterocycles. The molecular formula is C9H11NO2S. The Morgan fingerprint density at radius 1 is 1.77 bits per heavy atom. The molecule has 0 aromatic carbocycles. The highest BCUT2D eigenvalue weighted by Gasteiger charge is 2.24. The van der Waals surface area contributed by atoms with E-state index in [2.05, 4.69) is 5.32 Å². The molecule has 1 aromatic heterocycles. The van der Waals surface area contributed by atoms with Crippen LogP contribution in [0.3, 0.4) is 0 Å². The maximum Gasteiger partial charge on any atom is 0.346 e. The molecule has 1 aliphatic rings. The third-order valence-corrected chi connectivity index (χ3v) is 3.56. The lowest BCUT2D eigenvalue weighted by atomic mass is 9.97. The summed E-state index contributed by atoms with van der Waals surface area (Å²) in [7, 11) is 0. The molecule has 13 heavy (non-hydrogen) atoms. The Balaban J connectivity index is 2.32. The van der Waals surface area contributed by atoms with Crippen molar-refractivity contribution in [3.8, 4) is 0 Å². The van der Waals surface area contributed by atoms with Crippen LogP contribution in [0.4, 0.5) is 0 Å². The Bertz CT molecular complexity index is 341. The van der Waals surface area contributed by atoms with Gasteiger partial charge in [0.15, 0.2) is 0 Å². The maximum atomic E-state index is 10.8. The van der Waals surface area contributed by atoms with E-state index in [1.165, 1.54) is 11.3 Å². The van der Waals surface area contributed by atoms with Crippen LogP contribution < -0.4 is 5.32 Å². The highest BCUT2D eigenvalue weighted by Crippen LogP contribution is 2.31. The van der Waals surface area contributed by atoms with Crippen molar-refractivity contribution in [3.63, 3.8) is 0 Å². The van der Waals surface area contributed by atoms with Crippen LogP contribution in [0, 0.1) is 6.92 Å². The van der Waals surface area contributed by atoms with Crippen LogP contribution in [0.2, 0.25) is 0 Å². The summed E-state index contributed by atoms with van der Waals surface area (Å²) in [5.74, 6) is -0.812. The number of hydrogen-bond acceptors (Lipinski definition) is 3. The van der Waals surface area contributed by atoms with Gasteiger partial charge in [0.1, 0.15) is 4.88 Å². The lowest BCUT2D eigenvalue weighted by Crippen LogP contribution is -2.35. The van der Waals surface area contributed by atoms with Crippen molar-refractivity contribution in [3.05, 3.63) is 21.4 Å². The van der Waals surface area contributed by atoms with Crippen LogP contribution in [-0.4, -0.2) is 17.6 Å². The minimum atomic E-state index is -0.812. The predicted octanol–water partition coefficient (Wildman–Crippen LogP) is 1.79. The van der Waals surface area contributed by atoms with Gasteiger partial charge in [-0.2, -0.15) is 0 Å². The first-order valence-electron chi connectivity index (χ1n) is 4.25. The summed E-state index contributed by atoms with van der Waals surface area (Å²) >= 11 is 1.32. The van der Waals surface area contributed by atoms with Crippen molar-refractivity contribution < 1.29 is 9.90 Å². The molecule has 0 bridgehead atoms. The molecule has 1 aliphatic heterocycles. The first-order valence-corrected chi connectivity index (χ1v) is 5.13. The molecule has 0 saturated carbocycles. The molecule has 1 saturated heterocycles. The molecule has 0 unspecified atom stereocenters. The van der Waals surface area contributed by atoms with Gasteiger partial charge >= 0.3 is 5.97 Å². The minimum Gasteiger partial charge on any atom is -0.477 e. The highest BCUT2D eigenvalue weighted by molar-refractivity contribution is 7.12. The smallest absolute Gasteiger partial charge is 0.346 e. The Morgan fingerprint density at radius 2 is 2.46 bits per heavy atom. The Labute approximate surface area is 80.4 Å². The van der Waals surface area contributed by atoms with E-state index < -0.39 is 5.97 Å². The number of aromatic carboxylic acids is 1. The van der Waals surface area contributed by atoms with Gasteiger partial charge in [-0.1, -0.05) is 0 Å². The first kappa shape index (κ1) is 8.72. The Hall–Kier alpha value is -0.870. The normalized spacial score (nSPS) is 21.2. The van der Waals surface area contributed by atoms with E-state index in [1.54, 1.807) is 0 Å². The number of rotatable bonds is 2. The van der Waals surface area contributed by atoms with E-state index in [0.29, 0.717) is 10.9 Å². The zero-order valence-electron chi connectivity index (χ0n) is 7.33. The van der Waals surface area contributed by atoms with Gasteiger partial charge < -0.3 is 10.4 Å². The van der Waals surface area contributed by atoms with Crippen molar-refractivity contribution in [2.45, 2.75) is 19.4 Å². The average molecular weight is 197 g/mol. The van der Waals surface area contributed by atoms with E-state index in [1.807, 2.05) is 12.3 Å². The van der Waals surface area contributed by atoms with Crippen LogP contribution in [0.15, 0.2) is 5.38 Å². The number of carbonyl (C=O) groups is 1. The number of nitrogens with one attached hydrogen (secondary N) is 1. The molecule has 0 spiro atoms. The van der Waals surface area contributed by atoms with Gasteiger partial charge in [-0.3, -0.25) is 0 Å². The minimum absolute atomic E-state index is 0.393. The fourth-order valence-electron chi connectivity index (χ4n) is 1.54. The number of carboxylic acid groups (broad SMARTS) is 1. The van der Waals surface area contributed by atoms with E-state index in [0.717, 1.165) is 24.1 Å². The second-order valence-corrected chi connectivity index (χ2v) is 4.13. The fourth-order valence-corrected chi connectivity index (χ4v) is 2.52. The van der Waals surface area contributed by atoms with Crippen LogP contribution in [0.25, 0.3) is 0 Å². The van der Waals surface area contributed by atoms with Gasteiger partial charge in [-0.15, -0.1) is 11.3 Å². The molecule has 3 nitrogen and oxygen atoms in total. The molecule has 70 valence electrons. The topological polar surface area (TPSA) is 49.3 Å². The lowest BCUT2D eigenvalue weighted by molar-refractivity contribution is 0.0701. The number of hydrogen-bond donors (Lipinski definition) is 2.